The van der Waals surface area contributed by atoms with Gasteiger partial charge in [-0.25, -0.2) is 0 Å². The Morgan fingerprint density at radius 1 is 0.452 bits per heavy atom. The Morgan fingerprint density at radius 2 is 0.893 bits per heavy atom. The lowest BCUT2D eigenvalue weighted by Gasteiger charge is -2.28. The van der Waals surface area contributed by atoms with Crippen LogP contribution in [0.15, 0.2) is 71.2 Å². The summed E-state index contributed by atoms with van der Waals surface area (Å²) in [4.78, 5) is 27.0. The largest absolute Gasteiger partial charge is 0.481 e. The number of hydrogen-bond donors (Lipinski definition) is 4. The lowest BCUT2D eigenvalue weighted by atomic mass is 9.77. The first-order valence-electron chi connectivity index (χ1n) is 31.0. The van der Waals surface area contributed by atoms with Gasteiger partial charge in [-0.1, -0.05) is 255 Å². The maximum absolute atomic E-state index is 10.9. The van der Waals surface area contributed by atoms with Crippen molar-refractivity contribution in [2.24, 2.45) is 0 Å². The molecule has 0 aliphatic heterocycles. The van der Waals surface area contributed by atoms with Crippen molar-refractivity contribution in [2.75, 3.05) is 0 Å². The zero-order valence-corrected chi connectivity index (χ0v) is 62.0. The molecule has 0 fully saturated rings. The number of aliphatic carboxylic acids is 1. The lowest BCUT2D eigenvalue weighted by Crippen LogP contribution is -2.23. The minimum Gasteiger partial charge on any atom is -0.481 e. The van der Waals surface area contributed by atoms with Gasteiger partial charge in [-0.2, -0.15) is 0 Å². The van der Waals surface area contributed by atoms with E-state index in [1.807, 2.05) is 36.0 Å². The van der Waals surface area contributed by atoms with Crippen molar-refractivity contribution in [3.05, 3.63) is 145 Å². The number of aromatic nitrogens is 4. The molecule has 0 saturated heterocycles. The second-order valence-electron chi connectivity index (χ2n) is 35.8. The minimum absolute atomic E-state index is 0.000628. The fourth-order valence-corrected chi connectivity index (χ4v) is 11.7. The van der Waals surface area contributed by atoms with Crippen LogP contribution < -0.4 is 0 Å². The number of pyridine rings is 1. The molecule has 6 aromatic heterocycles. The number of nitrogens with one attached hydrogen (secondary N) is 3. The number of hydrogen-bond acceptors (Lipinski definition) is 4. The highest BCUT2D eigenvalue weighted by atomic mass is 32.1. The predicted molar refractivity (Wildman–Crippen MR) is 370 cm³/mol. The van der Waals surface area contributed by atoms with E-state index in [1.165, 1.54) is 55.3 Å². The highest BCUT2D eigenvalue weighted by Gasteiger charge is 2.33. The Balaban J connectivity index is 0.000000505. The molecule has 0 unspecified atom stereocenters. The summed E-state index contributed by atoms with van der Waals surface area (Å²) < 4.78 is 5.56. The molecule has 4 N–H and O–H groups in total. The molecule has 0 atom stereocenters. The molecule has 6 aromatic rings. The molecule has 7 nitrogen and oxygen atoms in total. The van der Waals surface area contributed by atoms with E-state index in [0.29, 0.717) is 0 Å². The van der Waals surface area contributed by atoms with Crippen LogP contribution >= 0.6 is 11.3 Å². The van der Waals surface area contributed by atoms with Crippen LogP contribution in [-0.2, 0) is 76.2 Å². The van der Waals surface area contributed by atoms with Crippen LogP contribution in [0, 0.1) is 6.92 Å². The number of nitrogens with zero attached hydrogens (tertiary/aromatic N) is 1. The molecule has 6 heterocycles. The molecule has 0 aliphatic carbocycles. The van der Waals surface area contributed by atoms with Crippen LogP contribution in [0.3, 0.4) is 0 Å². The second-order valence-corrected chi connectivity index (χ2v) is 36.8. The van der Waals surface area contributed by atoms with Crippen LogP contribution in [-0.4, -0.2) is 31.0 Å². The van der Waals surface area contributed by atoms with Gasteiger partial charge in [0.1, 0.15) is 5.76 Å². The number of furan rings is 1. The first kappa shape index (κ1) is 77.5. The van der Waals surface area contributed by atoms with Gasteiger partial charge in [0.05, 0.1) is 12.7 Å². The molecule has 0 radical (unpaired) electrons. The van der Waals surface area contributed by atoms with Crippen LogP contribution in [0.4, 0.5) is 0 Å². The first-order chi connectivity index (χ1) is 37.1. The Hall–Kier alpha value is -4.56. The SMILES string of the molecule is CC(C)(C)c1[nH]cc(CC(=O)O)c1C(C)(C)C.CC(C)(C)c1cc[nH]c1C(C)(C)C.CC(C)(C)c1cccnc1C(C)(C)C.CC(C)(C)c1ccoc1C(C)(C)C.CC(C)(C)c1ccsc1C(C)(C)C.Cc1c[nH]c(C(C)(C)C)c1C(C)(C)C. The third-order valence-corrected chi connectivity index (χ3v) is 15.7. The summed E-state index contributed by atoms with van der Waals surface area (Å²) in [6, 6.07) is 10.8. The van der Waals surface area contributed by atoms with Crippen molar-refractivity contribution in [3.8, 4) is 0 Å². The van der Waals surface area contributed by atoms with Gasteiger partial charge in [0, 0.05) is 79.5 Å². The van der Waals surface area contributed by atoms with Crippen molar-refractivity contribution in [1.29, 1.82) is 0 Å². The smallest absolute Gasteiger partial charge is 0.307 e. The van der Waals surface area contributed by atoms with Gasteiger partial charge in [0.2, 0.25) is 0 Å². The fraction of sp³-hybridized carbons (Fsp3) is 0.658. The number of carboxylic acid groups (broad SMARTS) is 1. The summed E-state index contributed by atoms with van der Waals surface area (Å²) in [5.74, 6) is 0.329. The predicted octanol–water partition coefficient (Wildman–Crippen LogP) is 22.7. The molecule has 0 saturated carbocycles. The van der Waals surface area contributed by atoms with Gasteiger partial charge in [-0.15, -0.1) is 11.3 Å². The van der Waals surface area contributed by atoms with Crippen LogP contribution in [0.1, 0.15) is 327 Å². The molecular formula is C76H128N4O3S. The quantitative estimate of drug-likeness (QED) is 0.138. The summed E-state index contributed by atoms with van der Waals surface area (Å²) in [6.07, 6.45) is 9.77. The maximum Gasteiger partial charge on any atom is 0.307 e. The Morgan fingerprint density at radius 3 is 1.21 bits per heavy atom. The number of carboxylic acids is 1. The molecule has 6 rings (SSSR count). The summed E-state index contributed by atoms with van der Waals surface area (Å²) in [5.41, 5.74) is 17.6. The molecule has 0 aromatic carbocycles. The second kappa shape index (κ2) is 27.6. The zero-order chi connectivity index (χ0) is 66.4. The van der Waals surface area contributed by atoms with E-state index in [9.17, 15) is 4.79 Å². The van der Waals surface area contributed by atoms with E-state index in [-0.39, 0.29) is 71.4 Å². The number of aromatic amines is 3. The minimum atomic E-state index is -0.782. The van der Waals surface area contributed by atoms with Crippen LogP contribution in [0.5, 0.6) is 0 Å². The first-order valence-corrected chi connectivity index (χ1v) is 31.9. The van der Waals surface area contributed by atoms with Crippen molar-refractivity contribution < 1.29 is 14.3 Å². The van der Waals surface area contributed by atoms with Gasteiger partial charge in [0.15, 0.2) is 0 Å². The molecule has 0 aliphatic rings. The standard InChI is InChI=1S/C14H23NO2.C13H23N.C13H21N.C12H21N.C12H20O.C12H20S/c1-13(2,3)11-9(7-10(16)17)8-15-12(11)14(4,5)6;1-9-8-14-11(13(5,6)7)10(9)12(2,3)4;1-12(2,3)10-8-7-9-14-11(10)13(4,5)6;3*1-11(2,3)9-7-8-13-10(9)12(4,5)6/h8,15H,7H2,1-6H3,(H,16,17);8,14H,1-7H3;7-9H,1-6H3;7-8,13H,1-6H3;2*7-8H,1-6H3. The highest BCUT2D eigenvalue weighted by molar-refractivity contribution is 7.10. The third kappa shape index (κ3) is 23.6. The number of carbonyl (C=O) groups is 1. The van der Waals surface area contributed by atoms with Gasteiger partial charge < -0.3 is 24.5 Å². The molecular weight excluding hydrogens is 1050 g/mol. The van der Waals surface area contributed by atoms with Crippen molar-refractivity contribution in [2.45, 2.75) is 328 Å². The highest BCUT2D eigenvalue weighted by Crippen LogP contribution is 2.40. The zero-order valence-electron chi connectivity index (χ0n) is 61.2. The summed E-state index contributed by atoms with van der Waals surface area (Å²) >= 11 is 1.88. The summed E-state index contributed by atoms with van der Waals surface area (Å²) in [6.45, 7) is 82.3. The fourth-order valence-electron chi connectivity index (χ4n) is 10.5. The lowest BCUT2D eigenvalue weighted by molar-refractivity contribution is -0.136. The number of thiophene rings is 1. The molecule has 84 heavy (non-hydrogen) atoms. The van der Waals surface area contributed by atoms with Gasteiger partial charge in [-0.05, 0) is 119 Å². The van der Waals surface area contributed by atoms with Crippen molar-refractivity contribution in [1.82, 2.24) is 19.9 Å². The van der Waals surface area contributed by atoms with Gasteiger partial charge in [-0.3, -0.25) is 9.78 Å². The average Bonchev–Trinajstić information content (AvgIpc) is 4.10. The maximum atomic E-state index is 10.9. The van der Waals surface area contributed by atoms with E-state index in [1.54, 1.807) is 6.26 Å². The number of rotatable bonds is 2. The van der Waals surface area contributed by atoms with E-state index in [0.717, 1.165) is 22.6 Å². The van der Waals surface area contributed by atoms with E-state index < -0.39 is 5.97 Å². The summed E-state index contributed by atoms with van der Waals surface area (Å²) in [5, 5.41) is 11.2. The molecule has 8 heteroatoms. The Bertz CT molecular complexity index is 2680. The molecule has 0 amide bonds. The van der Waals surface area contributed by atoms with E-state index in [4.69, 9.17) is 9.52 Å². The normalized spacial score (nSPS) is 13.2. The van der Waals surface area contributed by atoms with Crippen molar-refractivity contribution in [3.63, 3.8) is 0 Å². The Kier molecular flexibility index (Phi) is 25.5. The monoisotopic (exact) mass is 1180 g/mol. The molecule has 0 bridgehead atoms. The van der Waals surface area contributed by atoms with E-state index in [2.05, 4.69) is 312 Å². The van der Waals surface area contributed by atoms with Crippen LogP contribution in [0.25, 0.3) is 0 Å². The molecule has 476 valence electrons. The van der Waals surface area contributed by atoms with Gasteiger partial charge >= 0.3 is 5.97 Å². The number of aryl methyl sites for hydroxylation is 1. The van der Waals surface area contributed by atoms with Crippen molar-refractivity contribution >= 4 is 17.3 Å². The van der Waals surface area contributed by atoms with E-state index >= 15 is 0 Å². The molecule has 0 spiro atoms. The Labute approximate surface area is 521 Å². The summed E-state index contributed by atoms with van der Waals surface area (Å²) in [7, 11) is 0. The third-order valence-electron chi connectivity index (χ3n) is 14.3. The van der Waals surface area contributed by atoms with Gasteiger partial charge in [0.25, 0.3) is 0 Å². The number of H-pyrrole nitrogens is 3. The van der Waals surface area contributed by atoms with Crippen LogP contribution in [0.2, 0.25) is 0 Å². The average molecular weight is 1180 g/mol. The topological polar surface area (TPSA) is 111 Å².